The summed E-state index contributed by atoms with van der Waals surface area (Å²) >= 11 is 3.50. The molecule has 0 saturated heterocycles. The molecule has 3 heterocycles. The topological polar surface area (TPSA) is 58.0 Å². The third-order valence-electron chi connectivity index (χ3n) is 3.40. The van der Waals surface area contributed by atoms with Gasteiger partial charge in [0.2, 0.25) is 0 Å². The summed E-state index contributed by atoms with van der Waals surface area (Å²) in [5.74, 6) is 0. The molecule has 0 atom stereocenters. The van der Waals surface area contributed by atoms with Crippen LogP contribution in [0.4, 0.5) is 5.69 Å². The fourth-order valence-electron chi connectivity index (χ4n) is 2.26. The van der Waals surface area contributed by atoms with E-state index in [4.69, 9.17) is 5.11 Å². The van der Waals surface area contributed by atoms with Gasteiger partial charge in [-0.05, 0) is 36.8 Å². The zero-order chi connectivity index (χ0) is 14.7. The van der Waals surface area contributed by atoms with Gasteiger partial charge in [0.05, 0.1) is 16.6 Å². The molecular weight excluding hydrogens is 302 g/mol. The van der Waals surface area contributed by atoms with E-state index in [2.05, 4.69) is 40.0 Å². The first kappa shape index (κ1) is 14.4. The first-order chi connectivity index (χ1) is 10.3. The van der Waals surface area contributed by atoms with E-state index in [9.17, 15) is 0 Å². The predicted molar refractivity (Wildman–Crippen MR) is 89.2 cm³/mol. The molecule has 4 nitrogen and oxygen atoms in total. The van der Waals surface area contributed by atoms with Crippen LogP contribution >= 0.6 is 22.7 Å². The second-order valence-electron chi connectivity index (χ2n) is 4.85. The van der Waals surface area contributed by atoms with Crippen molar-refractivity contribution in [2.24, 2.45) is 0 Å². The molecular formula is C15H17N3OS2. The van der Waals surface area contributed by atoms with Crippen molar-refractivity contribution >= 4 is 38.6 Å². The first-order valence-electron chi connectivity index (χ1n) is 6.90. The van der Waals surface area contributed by atoms with Crippen LogP contribution < -0.4 is 5.32 Å². The van der Waals surface area contributed by atoms with Crippen LogP contribution in [0.25, 0.3) is 10.2 Å². The molecule has 3 aromatic heterocycles. The van der Waals surface area contributed by atoms with Crippen LogP contribution in [0.15, 0.2) is 23.7 Å². The van der Waals surface area contributed by atoms with Gasteiger partial charge in [-0.15, -0.1) is 27.8 Å². The molecule has 0 radical (unpaired) electrons. The third kappa shape index (κ3) is 3.07. The summed E-state index contributed by atoms with van der Waals surface area (Å²) in [4.78, 5) is 2.59. The third-order valence-corrected chi connectivity index (χ3v) is 5.65. The summed E-state index contributed by atoms with van der Waals surface area (Å²) in [6.07, 6.45) is 3.48. The lowest BCUT2D eigenvalue weighted by atomic mass is 10.2. The highest BCUT2D eigenvalue weighted by molar-refractivity contribution is 7.19. The van der Waals surface area contributed by atoms with Gasteiger partial charge in [0.25, 0.3) is 0 Å². The van der Waals surface area contributed by atoms with Gasteiger partial charge in [0.1, 0.15) is 5.52 Å². The quantitative estimate of drug-likeness (QED) is 0.729. The smallest absolute Gasteiger partial charge is 0.109 e. The first-order valence-corrected chi connectivity index (χ1v) is 8.60. The van der Waals surface area contributed by atoms with Crippen LogP contribution in [-0.4, -0.2) is 21.9 Å². The summed E-state index contributed by atoms with van der Waals surface area (Å²) in [5, 5.41) is 22.9. The molecule has 0 aliphatic heterocycles. The lowest BCUT2D eigenvalue weighted by molar-refractivity contribution is 0.289. The number of aryl methyl sites for hydroxylation is 2. The van der Waals surface area contributed by atoms with E-state index >= 15 is 0 Å². The SMILES string of the molecule is Cc1c(CCCO)sc2c(NCc3cccs3)cnnc12. The maximum atomic E-state index is 9.00. The average molecular weight is 319 g/mol. The number of thiophene rings is 2. The molecule has 0 aromatic carbocycles. The van der Waals surface area contributed by atoms with Gasteiger partial charge in [-0.3, -0.25) is 0 Å². The molecule has 110 valence electrons. The Morgan fingerprint density at radius 1 is 1.38 bits per heavy atom. The molecule has 0 amide bonds. The predicted octanol–water partition coefficient (Wildman–Crippen LogP) is 3.60. The monoisotopic (exact) mass is 319 g/mol. The summed E-state index contributed by atoms with van der Waals surface area (Å²) in [6.45, 7) is 3.12. The number of aliphatic hydroxyl groups excluding tert-OH is 1. The molecule has 2 N–H and O–H groups in total. The number of hydrogen-bond acceptors (Lipinski definition) is 6. The number of hydrogen-bond donors (Lipinski definition) is 2. The van der Waals surface area contributed by atoms with Crippen molar-refractivity contribution in [3.63, 3.8) is 0 Å². The zero-order valence-electron chi connectivity index (χ0n) is 11.8. The van der Waals surface area contributed by atoms with Crippen molar-refractivity contribution in [3.05, 3.63) is 39.0 Å². The Labute approximate surface area is 131 Å². The molecule has 0 saturated carbocycles. The minimum Gasteiger partial charge on any atom is -0.396 e. The Hall–Kier alpha value is -1.50. The highest BCUT2D eigenvalue weighted by Crippen LogP contribution is 2.34. The zero-order valence-corrected chi connectivity index (χ0v) is 13.4. The number of nitrogens with one attached hydrogen (secondary N) is 1. The second-order valence-corrected chi connectivity index (χ2v) is 6.98. The summed E-state index contributed by atoms with van der Waals surface area (Å²) < 4.78 is 1.16. The van der Waals surface area contributed by atoms with Crippen LogP contribution in [-0.2, 0) is 13.0 Å². The average Bonchev–Trinajstić information content (AvgIpc) is 3.12. The lowest BCUT2D eigenvalue weighted by Gasteiger charge is -2.04. The molecule has 0 unspecified atom stereocenters. The van der Waals surface area contributed by atoms with Crippen molar-refractivity contribution in [2.75, 3.05) is 11.9 Å². The number of rotatable bonds is 6. The van der Waals surface area contributed by atoms with E-state index in [0.29, 0.717) is 0 Å². The number of aliphatic hydroxyl groups is 1. The van der Waals surface area contributed by atoms with E-state index in [1.165, 1.54) is 15.3 Å². The highest BCUT2D eigenvalue weighted by Gasteiger charge is 2.13. The van der Waals surface area contributed by atoms with Crippen LogP contribution in [0.1, 0.15) is 21.7 Å². The van der Waals surface area contributed by atoms with Gasteiger partial charge in [-0.25, -0.2) is 0 Å². The Kier molecular flexibility index (Phi) is 4.48. The van der Waals surface area contributed by atoms with Crippen LogP contribution in [0.5, 0.6) is 0 Å². The van der Waals surface area contributed by atoms with Crippen LogP contribution in [0, 0.1) is 6.92 Å². The molecule has 21 heavy (non-hydrogen) atoms. The summed E-state index contributed by atoms with van der Waals surface area (Å²) in [6, 6.07) is 4.18. The molecule has 0 spiro atoms. The van der Waals surface area contributed by atoms with E-state index in [-0.39, 0.29) is 6.61 Å². The van der Waals surface area contributed by atoms with E-state index in [0.717, 1.165) is 35.3 Å². The fourth-order valence-corrected chi connectivity index (χ4v) is 4.17. The van der Waals surface area contributed by atoms with Gasteiger partial charge in [-0.1, -0.05) is 6.07 Å². The Morgan fingerprint density at radius 2 is 2.29 bits per heavy atom. The Bertz CT molecular complexity index is 722. The van der Waals surface area contributed by atoms with Gasteiger partial charge in [-0.2, -0.15) is 5.10 Å². The van der Waals surface area contributed by atoms with Gasteiger partial charge in [0.15, 0.2) is 0 Å². The standard InChI is InChI=1S/C15H17N3OS2/c1-10-13(5-2-6-19)21-15-12(9-17-18-14(10)15)16-8-11-4-3-7-20-11/h3-4,7,9,19H,2,5-6,8H2,1H3,(H,16,18). The van der Waals surface area contributed by atoms with Crippen molar-refractivity contribution in [1.82, 2.24) is 10.2 Å². The Balaban J connectivity index is 1.88. The Morgan fingerprint density at radius 3 is 3.05 bits per heavy atom. The second kappa shape index (κ2) is 6.51. The maximum Gasteiger partial charge on any atom is 0.109 e. The van der Waals surface area contributed by atoms with Crippen molar-refractivity contribution in [3.8, 4) is 0 Å². The molecule has 0 aliphatic carbocycles. The molecule has 6 heteroatoms. The van der Waals surface area contributed by atoms with Gasteiger partial charge >= 0.3 is 0 Å². The molecule has 0 bridgehead atoms. The van der Waals surface area contributed by atoms with Crippen LogP contribution in [0.3, 0.4) is 0 Å². The number of aromatic nitrogens is 2. The van der Waals surface area contributed by atoms with Crippen molar-refractivity contribution in [1.29, 1.82) is 0 Å². The minimum absolute atomic E-state index is 0.225. The summed E-state index contributed by atoms with van der Waals surface area (Å²) in [7, 11) is 0. The van der Waals surface area contributed by atoms with E-state index in [1.54, 1.807) is 28.9 Å². The van der Waals surface area contributed by atoms with Gasteiger partial charge in [0, 0.05) is 22.9 Å². The number of nitrogens with zero attached hydrogens (tertiary/aromatic N) is 2. The van der Waals surface area contributed by atoms with Gasteiger partial charge < -0.3 is 10.4 Å². The number of fused-ring (bicyclic) bond motifs is 1. The molecule has 0 aliphatic rings. The summed E-state index contributed by atoms with van der Waals surface area (Å²) in [5.41, 5.74) is 3.21. The maximum absolute atomic E-state index is 9.00. The minimum atomic E-state index is 0.225. The van der Waals surface area contributed by atoms with E-state index < -0.39 is 0 Å². The van der Waals surface area contributed by atoms with Crippen LogP contribution in [0.2, 0.25) is 0 Å². The fraction of sp³-hybridized carbons (Fsp3) is 0.333. The van der Waals surface area contributed by atoms with E-state index in [1.807, 2.05) is 0 Å². The number of anilines is 1. The molecule has 3 aromatic rings. The van der Waals surface area contributed by atoms with Crippen molar-refractivity contribution < 1.29 is 5.11 Å². The largest absolute Gasteiger partial charge is 0.396 e. The molecule has 0 fully saturated rings. The highest BCUT2D eigenvalue weighted by atomic mass is 32.1. The lowest BCUT2D eigenvalue weighted by Crippen LogP contribution is -1.98. The molecule has 3 rings (SSSR count). The normalized spacial score (nSPS) is 11.1. The van der Waals surface area contributed by atoms with Crippen molar-refractivity contribution in [2.45, 2.75) is 26.3 Å².